The number of carbonyl (C=O) groups is 3. The highest BCUT2D eigenvalue weighted by molar-refractivity contribution is 5.93. The average molecular weight is 608 g/mol. The number of rotatable bonds is 23. The molecule has 1 atom stereocenters. The highest BCUT2D eigenvalue weighted by Gasteiger charge is 2.25. The van der Waals surface area contributed by atoms with Crippen molar-refractivity contribution in [1.82, 2.24) is 15.6 Å². The Kier molecular flexibility index (Phi) is 22.9. The molecule has 1 unspecified atom stereocenters. The third-order valence-corrected chi connectivity index (χ3v) is 6.09. The first-order chi connectivity index (χ1) is 21.5. The molecule has 44 heavy (non-hydrogen) atoms. The molecule has 9 nitrogen and oxygen atoms in total. The maximum atomic E-state index is 12.6. The molecule has 1 rings (SSSR count). The van der Waals surface area contributed by atoms with Gasteiger partial charge in [0, 0.05) is 25.4 Å². The molecule has 4 N–H and O–H groups in total. The second-order valence-corrected chi connectivity index (χ2v) is 9.78. The van der Waals surface area contributed by atoms with Crippen molar-refractivity contribution in [2.45, 2.75) is 76.9 Å². The first kappa shape index (κ1) is 37.9. The second kappa shape index (κ2) is 26.5. The van der Waals surface area contributed by atoms with Crippen molar-refractivity contribution in [2.75, 3.05) is 19.8 Å². The van der Waals surface area contributed by atoms with E-state index in [1.54, 1.807) is 18.3 Å². The lowest BCUT2D eigenvalue weighted by atomic mass is 10.1. The first-order valence-corrected chi connectivity index (χ1v) is 15.3. The van der Waals surface area contributed by atoms with Crippen LogP contribution < -0.4 is 10.6 Å². The number of hydrogen-bond acceptors (Lipinski definition) is 7. The molecule has 9 heteroatoms. The van der Waals surface area contributed by atoms with E-state index in [9.17, 15) is 24.6 Å². The van der Waals surface area contributed by atoms with Gasteiger partial charge in [-0.2, -0.15) is 0 Å². The SMILES string of the molecule is CCC=CCC=CCC=CCC=CCC=CCC=CCCC(=O)NC(CCNC(=O)c1cccnc1)C(=O)OC(CO)CO. The Morgan fingerprint density at radius 3 is 1.89 bits per heavy atom. The number of nitrogens with zero attached hydrogens (tertiary/aromatic N) is 1. The normalized spacial score (nSPS) is 12.9. The molecule has 0 radical (unpaired) electrons. The summed E-state index contributed by atoms with van der Waals surface area (Å²) in [6, 6.07) is 2.19. The van der Waals surface area contributed by atoms with Gasteiger partial charge in [-0.05, 0) is 63.5 Å². The van der Waals surface area contributed by atoms with Gasteiger partial charge in [-0.1, -0.05) is 79.8 Å². The lowest BCUT2D eigenvalue weighted by Gasteiger charge is -2.20. The third-order valence-electron chi connectivity index (χ3n) is 6.09. The Labute approximate surface area is 262 Å². The summed E-state index contributed by atoms with van der Waals surface area (Å²) in [5, 5.41) is 23.8. The van der Waals surface area contributed by atoms with Crippen LogP contribution in [-0.4, -0.2) is 64.9 Å². The molecule has 0 aliphatic heterocycles. The van der Waals surface area contributed by atoms with Crippen LogP contribution in [0, 0.1) is 0 Å². The van der Waals surface area contributed by atoms with Crippen LogP contribution in [-0.2, 0) is 14.3 Å². The van der Waals surface area contributed by atoms with Gasteiger partial charge in [0.05, 0.1) is 18.8 Å². The number of aromatic nitrogens is 1. The van der Waals surface area contributed by atoms with Gasteiger partial charge >= 0.3 is 5.97 Å². The summed E-state index contributed by atoms with van der Waals surface area (Å²) in [5.74, 6) is -1.51. The van der Waals surface area contributed by atoms with Gasteiger partial charge in [0.1, 0.15) is 12.1 Å². The van der Waals surface area contributed by atoms with Crippen LogP contribution in [0.4, 0.5) is 0 Å². The van der Waals surface area contributed by atoms with Crippen LogP contribution in [0.3, 0.4) is 0 Å². The highest BCUT2D eigenvalue weighted by atomic mass is 16.6. The van der Waals surface area contributed by atoms with Crippen LogP contribution in [0.5, 0.6) is 0 Å². The molecule has 0 aromatic carbocycles. The molecule has 240 valence electrons. The largest absolute Gasteiger partial charge is 0.456 e. The minimum absolute atomic E-state index is 0.0695. The molecule has 0 bridgehead atoms. The van der Waals surface area contributed by atoms with E-state index in [1.165, 1.54) is 6.20 Å². The third kappa shape index (κ3) is 19.9. The summed E-state index contributed by atoms with van der Waals surface area (Å²) in [5.41, 5.74) is 0.368. The smallest absolute Gasteiger partial charge is 0.329 e. The topological polar surface area (TPSA) is 138 Å². The quantitative estimate of drug-likeness (QED) is 0.101. The summed E-state index contributed by atoms with van der Waals surface area (Å²) in [7, 11) is 0. The molecule has 0 fully saturated rings. The Bertz CT molecular complexity index is 1100. The predicted molar refractivity (Wildman–Crippen MR) is 175 cm³/mol. The van der Waals surface area contributed by atoms with Crippen molar-refractivity contribution in [1.29, 1.82) is 0 Å². The van der Waals surface area contributed by atoms with Gasteiger partial charge in [-0.25, -0.2) is 4.79 Å². The Morgan fingerprint density at radius 1 is 0.841 bits per heavy atom. The van der Waals surface area contributed by atoms with Crippen molar-refractivity contribution < 1.29 is 29.3 Å². The molecule has 0 aliphatic carbocycles. The summed E-state index contributed by atoms with van der Waals surface area (Å²) < 4.78 is 5.09. The number of amides is 2. The van der Waals surface area contributed by atoms with Gasteiger partial charge in [0.25, 0.3) is 5.91 Å². The summed E-state index contributed by atoms with van der Waals surface area (Å²) in [6.45, 7) is 1.12. The fraction of sp³-hybridized carbons (Fsp3) is 0.429. The van der Waals surface area contributed by atoms with E-state index in [2.05, 4.69) is 83.3 Å². The van der Waals surface area contributed by atoms with Crippen molar-refractivity contribution in [2.24, 2.45) is 0 Å². The molecule has 0 saturated carbocycles. The fourth-order valence-electron chi connectivity index (χ4n) is 3.68. The number of pyridine rings is 1. The zero-order valence-corrected chi connectivity index (χ0v) is 25.9. The van der Waals surface area contributed by atoms with E-state index in [4.69, 9.17) is 4.74 Å². The molecule has 1 aromatic heterocycles. The van der Waals surface area contributed by atoms with E-state index in [0.717, 1.165) is 38.5 Å². The van der Waals surface area contributed by atoms with Gasteiger partial charge in [0.2, 0.25) is 5.91 Å². The predicted octanol–water partition coefficient (Wildman–Crippen LogP) is 5.06. The lowest BCUT2D eigenvalue weighted by molar-refractivity contribution is -0.157. The van der Waals surface area contributed by atoms with Crippen LogP contribution in [0.1, 0.15) is 75.1 Å². The number of esters is 1. The van der Waals surface area contributed by atoms with Crippen molar-refractivity contribution in [3.05, 3.63) is 103 Å². The van der Waals surface area contributed by atoms with Crippen molar-refractivity contribution in [3.8, 4) is 0 Å². The Hall–Kier alpha value is -4.08. The van der Waals surface area contributed by atoms with E-state index >= 15 is 0 Å². The van der Waals surface area contributed by atoms with Crippen LogP contribution in [0.15, 0.2) is 97.4 Å². The summed E-state index contributed by atoms with van der Waals surface area (Å²) in [4.78, 5) is 41.2. The molecular formula is C35H49N3O6. The minimum atomic E-state index is -1.09. The first-order valence-electron chi connectivity index (χ1n) is 15.3. The minimum Gasteiger partial charge on any atom is -0.456 e. The standard InChI is InChI=1S/C35H49N3O6/c1-2-3-4-5-6-7-8-9-10-11-12-13-14-15-16-17-18-19-20-23-33(41)38-32(35(43)44-31(28-39)29-40)24-26-37-34(42)30-22-21-25-36-27-30/h3-4,6-7,9-10,12-13,15-16,18-19,21-22,25,27,31-32,39-40H,2,5,8,11,14,17,20,23-24,26,28-29H2,1H3,(H,37,42)(H,38,41). The number of allylic oxidation sites excluding steroid dienone is 12. The van der Waals surface area contributed by atoms with Gasteiger partial charge in [-0.15, -0.1) is 0 Å². The van der Waals surface area contributed by atoms with Gasteiger partial charge in [0.15, 0.2) is 0 Å². The Morgan fingerprint density at radius 2 is 1.39 bits per heavy atom. The van der Waals surface area contributed by atoms with Gasteiger partial charge in [-0.3, -0.25) is 14.6 Å². The second-order valence-electron chi connectivity index (χ2n) is 9.78. The average Bonchev–Trinajstić information content (AvgIpc) is 3.04. The molecule has 2 amide bonds. The van der Waals surface area contributed by atoms with Crippen molar-refractivity contribution >= 4 is 17.8 Å². The van der Waals surface area contributed by atoms with E-state index in [-0.39, 0.29) is 31.2 Å². The maximum absolute atomic E-state index is 12.6. The van der Waals surface area contributed by atoms with Crippen LogP contribution >= 0.6 is 0 Å². The van der Waals surface area contributed by atoms with Gasteiger partial charge < -0.3 is 25.6 Å². The molecule has 0 aliphatic rings. The summed E-state index contributed by atoms with van der Waals surface area (Å²) in [6.07, 6.45) is 33.6. The Balaban J connectivity index is 2.34. The molecule has 0 saturated heterocycles. The number of ether oxygens (including phenoxy) is 1. The fourth-order valence-corrected chi connectivity index (χ4v) is 3.68. The highest BCUT2D eigenvalue weighted by Crippen LogP contribution is 2.04. The molecule has 1 heterocycles. The number of hydrogen-bond donors (Lipinski definition) is 4. The van der Waals surface area contributed by atoms with E-state index in [0.29, 0.717) is 12.0 Å². The zero-order valence-electron chi connectivity index (χ0n) is 25.9. The number of carbonyl (C=O) groups excluding carboxylic acids is 3. The van der Waals surface area contributed by atoms with Crippen LogP contribution in [0.25, 0.3) is 0 Å². The maximum Gasteiger partial charge on any atom is 0.329 e. The monoisotopic (exact) mass is 607 g/mol. The zero-order chi connectivity index (χ0) is 32.1. The molecule has 0 spiro atoms. The number of nitrogens with one attached hydrogen (secondary N) is 2. The lowest BCUT2D eigenvalue weighted by Crippen LogP contribution is -2.45. The van der Waals surface area contributed by atoms with Crippen molar-refractivity contribution in [3.63, 3.8) is 0 Å². The number of aliphatic hydroxyl groups excluding tert-OH is 2. The summed E-state index contributed by atoms with van der Waals surface area (Å²) >= 11 is 0. The van der Waals surface area contributed by atoms with Crippen LogP contribution in [0.2, 0.25) is 0 Å². The van der Waals surface area contributed by atoms with E-state index in [1.807, 2.05) is 12.2 Å². The van der Waals surface area contributed by atoms with E-state index < -0.39 is 31.3 Å². The molecule has 1 aromatic rings. The molecular weight excluding hydrogens is 558 g/mol. The number of aliphatic hydroxyl groups is 2.